The molecule has 0 atom stereocenters. The molecule has 3 N–H and O–H groups in total. The molecule has 5 nitrogen and oxygen atoms in total. The molecule has 0 spiro atoms. The summed E-state index contributed by atoms with van der Waals surface area (Å²) < 4.78 is 0. The Balaban J connectivity index is 2.02. The molecule has 1 aromatic heterocycles. The van der Waals surface area contributed by atoms with Gasteiger partial charge in [0, 0.05) is 25.6 Å². The first-order chi connectivity index (χ1) is 10.1. The number of nitrogens with one attached hydrogen (secondary N) is 2. The number of aliphatic hydroxyl groups is 1. The normalized spacial score (nSPS) is 18.0. The van der Waals surface area contributed by atoms with Gasteiger partial charge in [-0.3, -0.25) is 0 Å². The van der Waals surface area contributed by atoms with Crippen LogP contribution < -0.4 is 10.6 Å². The number of rotatable bonds is 6. The van der Waals surface area contributed by atoms with Crippen molar-refractivity contribution in [2.45, 2.75) is 64.4 Å². The van der Waals surface area contributed by atoms with Crippen molar-refractivity contribution >= 4 is 11.6 Å². The third kappa shape index (κ3) is 4.84. The summed E-state index contributed by atoms with van der Waals surface area (Å²) in [6.07, 6.45) is 7.27. The number of nitrogens with zero attached hydrogens (tertiary/aromatic N) is 2. The van der Waals surface area contributed by atoms with Gasteiger partial charge >= 0.3 is 0 Å². The van der Waals surface area contributed by atoms with E-state index in [-0.39, 0.29) is 0 Å². The van der Waals surface area contributed by atoms with E-state index in [0.29, 0.717) is 6.54 Å². The van der Waals surface area contributed by atoms with Crippen LogP contribution in [0.4, 0.5) is 11.6 Å². The van der Waals surface area contributed by atoms with Crippen molar-refractivity contribution in [3.05, 3.63) is 11.9 Å². The largest absolute Gasteiger partial charge is 0.388 e. The molecule has 0 saturated heterocycles. The lowest BCUT2D eigenvalue weighted by Gasteiger charge is -2.27. The first-order valence-electron chi connectivity index (χ1n) is 8.23. The van der Waals surface area contributed by atoms with Crippen molar-refractivity contribution in [1.82, 2.24) is 9.97 Å². The van der Waals surface area contributed by atoms with E-state index in [2.05, 4.69) is 27.5 Å². The molecule has 1 aliphatic carbocycles. The van der Waals surface area contributed by atoms with Crippen LogP contribution in [0, 0.1) is 0 Å². The SMILES string of the molecule is CCNc1cc(NCC2(O)CCCCCC2)nc(CC)n1. The van der Waals surface area contributed by atoms with Gasteiger partial charge in [-0.15, -0.1) is 0 Å². The Hall–Kier alpha value is -1.36. The van der Waals surface area contributed by atoms with Gasteiger partial charge in [0.15, 0.2) is 0 Å². The average molecular weight is 292 g/mol. The van der Waals surface area contributed by atoms with Gasteiger partial charge in [-0.2, -0.15) is 0 Å². The molecule has 1 saturated carbocycles. The zero-order valence-corrected chi connectivity index (χ0v) is 13.3. The van der Waals surface area contributed by atoms with E-state index in [1.165, 1.54) is 12.8 Å². The second-order valence-electron chi connectivity index (χ2n) is 5.93. The second kappa shape index (κ2) is 7.59. The molecule has 0 radical (unpaired) electrons. The van der Waals surface area contributed by atoms with Crippen LogP contribution in [0.25, 0.3) is 0 Å². The molecule has 5 heteroatoms. The van der Waals surface area contributed by atoms with Gasteiger partial charge in [-0.1, -0.05) is 32.6 Å². The smallest absolute Gasteiger partial charge is 0.132 e. The van der Waals surface area contributed by atoms with Crippen LogP contribution in [0.1, 0.15) is 58.2 Å². The minimum absolute atomic E-state index is 0.568. The summed E-state index contributed by atoms with van der Waals surface area (Å²) in [6, 6.07) is 1.92. The van der Waals surface area contributed by atoms with Gasteiger partial charge in [0.1, 0.15) is 17.5 Å². The molecule has 0 unspecified atom stereocenters. The fourth-order valence-electron chi connectivity index (χ4n) is 2.84. The molecular weight excluding hydrogens is 264 g/mol. The van der Waals surface area contributed by atoms with E-state index < -0.39 is 5.60 Å². The van der Waals surface area contributed by atoms with Crippen LogP contribution in [0.3, 0.4) is 0 Å². The van der Waals surface area contributed by atoms with Gasteiger partial charge in [-0.05, 0) is 19.8 Å². The maximum absolute atomic E-state index is 10.7. The molecular formula is C16H28N4O. The van der Waals surface area contributed by atoms with Crippen LogP contribution in [0.15, 0.2) is 6.07 Å². The lowest BCUT2D eigenvalue weighted by atomic mass is 9.94. The summed E-state index contributed by atoms with van der Waals surface area (Å²) >= 11 is 0. The Kier molecular flexibility index (Phi) is 5.79. The summed E-state index contributed by atoms with van der Waals surface area (Å²) in [5, 5.41) is 17.2. The highest BCUT2D eigenvalue weighted by atomic mass is 16.3. The molecule has 2 rings (SSSR count). The van der Waals surface area contributed by atoms with Gasteiger partial charge in [0.05, 0.1) is 5.60 Å². The van der Waals surface area contributed by atoms with Gasteiger partial charge < -0.3 is 15.7 Å². The first-order valence-corrected chi connectivity index (χ1v) is 8.23. The van der Waals surface area contributed by atoms with Crippen molar-refractivity contribution in [3.8, 4) is 0 Å². The quantitative estimate of drug-likeness (QED) is 0.703. The van der Waals surface area contributed by atoms with E-state index in [4.69, 9.17) is 0 Å². The topological polar surface area (TPSA) is 70.1 Å². The zero-order valence-electron chi connectivity index (χ0n) is 13.3. The van der Waals surface area contributed by atoms with Gasteiger partial charge in [0.2, 0.25) is 0 Å². The Bertz CT molecular complexity index is 442. The van der Waals surface area contributed by atoms with Crippen LogP contribution in [0.2, 0.25) is 0 Å². The van der Waals surface area contributed by atoms with Gasteiger partial charge in [-0.25, -0.2) is 9.97 Å². The average Bonchev–Trinajstić information content (AvgIpc) is 2.71. The number of aryl methyl sites for hydroxylation is 1. The zero-order chi connectivity index (χ0) is 15.1. The summed E-state index contributed by atoms with van der Waals surface area (Å²) in [7, 11) is 0. The number of hydrogen-bond acceptors (Lipinski definition) is 5. The summed E-state index contributed by atoms with van der Waals surface area (Å²) in [6.45, 7) is 5.50. The summed E-state index contributed by atoms with van der Waals surface area (Å²) in [5.41, 5.74) is -0.591. The predicted octanol–water partition coefficient (Wildman–Crippen LogP) is 2.97. The number of anilines is 2. The molecule has 118 valence electrons. The lowest BCUT2D eigenvalue weighted by molar-refractivity contribution is 0.0380. The Morgan fingerprint density at radius 2 is 1.67 bits per heavy atom. The van der Waals surface area contributed by atoms with E-state index in [0.717, 1.165) is 56.1 Å². The van der Waals surface area contributed by atoms with E-state index in [1.54, 1.807) is 0 Å². The third-order valence-electron chi connectivity index (χ3n) is 4.08. The number of aromatic nitrogens is 2. The first kappa shape index (κ1) is 16.0. The molecule has 0 aromatic carbocycles. The summed E-state index contributed by atoms with van der Waals surface area (Å²) in [4.78, 5) is 8.94. The molecule has 0 bridgehead atoms. The molecule has 0 amide bonds. The standard InChI is InChI=1S/C16H28N4O/c1-3-13-19-14(17-4-2)11-15(20-13)18-12-16(21)9-7-5-6-8-10-16/h11,21H,3-10,12H2,1-2H3,(H2,17,18,19,20). The monoisotopic (exact) mass is 292 g/mol. The lowest BCUT2D eigenvalue weighted by Crippen LogP contribution is -2.36. The van der Waals surface area contributed by atoms with Crippen molar-refractivity contribution in [2.24, 2.45) is 0 Å². The van der Waals surface area contributed by atoms with Crippen LogP contribution in [-0.4, -0.2) is 33.8 Å². The molecule has 21 heavy (non-hydrogen) atoms. The van der Waals surface area contributed by atoms with Crippen LogP contribution >= 0.6 is 0 Å². The minimum Gasteiger partial charge on any atom is -0.388 e. The Labute approximate surface area is 127 Å². The highest BCUT2D eigenvalue weighted by Crippen LogP contribution is 2.27. The van der Waals surface area contributed by atoms with Crippen LogP contribution in [0.5, 0.6) is 0 Å². The maximum Gasteiger partial charge on any atom is 0.132 e. The van der Waals surface area contributed by atoms with Crippen LogP contribution in [-0.2, 0) is 6.42 Å². The van der Waals surface area contributed by atoms with Gasteiger partial charge in [0.25, 0.3) is 0 Å². The molecule has 1 heterocycles. The van der Waals surface area contributed by atoms with Crippen molar-refractivity contribution < 1.29 is 5.11 Å². The fraction of sp³-hybridized carbons (Fsp3) is 0.750. The predicted molar refractivity (Wildman–Crippen MR) is 86.7 cm³/mol. The molecule has 1 aliphatic rings. The maximum atomic E-state index is 10.7. The third-order valence-corrected chi connectivity index (χ3v) is 4.08. The second-order valence-corrected chi connectivity index (χ2v) is 5.93. The molecule has 1 fully saturated rings. The van der Waals surface area contributed by atoms with E-state index in [1.807, 2.05) is 13.0 Å². The minimum atomic E-state index is -0.591. The van der Waals surface area contributed by atoms with Crippen molar-refractivity contribution in [3.63, 3.8) is 0 Å². The highest BCUT2D eigenvalue weighted by Gasteiger charge is 2.27. The van der Waals surface area contributed by atoms with Crippen molar-refractivity contribution in [1.29, 1.82) is 0 Å². The van der Waals surface area contributed by atoms with E-state index >= 15 is 0 Å². The van der Waals surface area contributed by atoms with Crippen molar-refractivity contribution in [2.75, 3.05) is 23.7 Å². The highest BCUT2D eigenvalue weighted by molar-refractivity contribution is 5.47. The number of hydrogen-bond donors (Lipinski definition) is 3. The summed E-state index contributed by atoms with van der Waals surface area (Å²) in [5.74, 6) is 2.47. The molecule has 1 aromatic rings. The Morgan fingerprint density at radius 3 is 2.24 bits per heavy atom. The Morgan fingerprint density at radius 1 is 1.05 bits per heavy atom. The van der Waals surface area contributed by atoms with E-state index in [9.17, 15) is 5.11 Å². The molecule has 0 aliphatic heterocycles. The fourth-order valence-corrected chi connectivity index (χ4v) is 2.84.